The average molecular weight is 141 g/mol. The predicted molar refractivity (Wildman–Crippen MR) is 37.2 cm³/mol. The summed E-state index contributed by atoms with van der Waals surface area (Å²) in [5.74, 6) is 0. The maximum Gasteiger partial charge on any atom is 0.0947 e. The molecular weight excluding hydrogens is 130 g/mol. The van der Waals surface area contributed by atoms with Gasteiger partial charge in [-0.15, -0.1) is 0 Å². The minimum atomic E-state index is -0.346. The zero-order valence-electron chi connectivity index (χ0n) is 5.86. The van der Waals surface area contributed by atoms with E-state index in [1.807, 2.05) is 7.05 Å². The van der Waals surface area contributed by atoms with E-state index in [2.05, 4.69) is 4.98 Å². The molecule has 4 heteroatoms. The molecule has 1 heterocycles. The van der Waals surface area contributed by atoms with Crippen LogP contribution in [-0.2, 0) is 7.05 Å². The molecule has 0 saturated heterocycles. The van der Waals surface area contributed by atoms with Crippen LogP contribution in [-0.4, -0.2) is 21.3 Å². The molecule has 0 spiro atoms. The molecule has 0 amide bonds. The van der Waals surface area contributed by atoms with Crippen LogP contribution in [0.25, 0.3) is 0 Å². The normalized spacial score (nSPS) is 13.5. The summed E-state index contributed by atoms with van der Waals surface area (Å²) < 4.78 is 1.80. The molecule has 0 bridgehead atoms. The third-order valence-corrected chi connectivity index (χ3v) is 1.30. The van der Waals surface area contributed by atoms with E-state index in [0.29, 0.717) is 0 Å². The quantitative estimate of drug-likeness (QED) is 0.578. The van der Waals surface area contributed by atoms with Gasteiger partial charge in [-0.3, -0.25) is 0 Å². The first-order chi connectivity index (χ1) is 4.74. The van der Waals surface area contributed by atoms with Crippen molar-refractivity contribution in [1.29, 1.82) is 0 Å². The van der Waals surface area contributed by atoms with Crippen LogP contribution in [0.3, 0.4) is 0 Å². The van der Waals surface area contributed by atoms with Gasteiger partial charge in [0, 0.05) is 13.2 Å². The molecule has 1 aromatic heterocycles. The van der Waals surface area contributed by atoms with Crippen molar-refractivity contribution >= 4 is 0 Å². The molecular formula is C6H11N3O. The number of aryl methyl sites for hydroxylation is 1. The van der Waals surface area contributed by atoms with Crippen molar-refractivity contribution in [3.63, 3.8) is 0 Å². The molecule has 0 aliphatic carbocycles. The van der Waals surface area contributed by atoms with Crippen molar-refractivity contribution in [1.82, 2.24) is 9.55 Å². The Kier molecular flexibility index (Phi) is 2.03. The molecule has 0 aliphatic heterocycles. The molecule has 0 fully saturated rings. The average Bonchev–Trinajstić information content (AvgIpc) is 2.34. The van der Waals surface area contributed by atoms with E-state index in [4.69, 9.17) is 10.8 Å². The van der Waals surface area contributed by atoms with Crippen LogP contribution in [0.2, 0.25) is 0 Å². The van der Waals surface area contributed by atoms with Gasteiger partial charge in [0.15, 0.2) is 0 Å². The van der Waals surface area contributed by atoms with Gasteiger partial charge >= 0.3 is 0 Å². The summed E-state index contributed by atoms with van der Waals surface area (Å²) in [4.78, 5) is 3.96. The van der Waals surface area contributed by atoms with Gasteiger partial charge in [0.05, 0.1) is 24.7 Å². The lowest BCUT2D eigenvalue weighted by Crippen LogP contribution is -2.14. The lowest BCUT2D eigenvalue weighted by Gasteiger charge is -2.01. The second-order valence-electron chi connectivity index (χ2n) is 2.25. The van der Waals surface area contributed by atoms with Crippen LogP contribution >= 0.6 is 0 Å². The lowest BCUT2D eigenvalue weighted by atomic mass is 10.2. The fourth-order valence-electron chi connectivity index (χ4n) is 0.718. The van der Waals surface area contributed by atoms with Crippen molar-refractivity contribution in [3.05, 3.63) is 18.2 Å². The van der Waals surface area contributed by atoms with Gasteiger partial charge in [-0.05, 0) is 0 Å². The lowest BCUT2D eigenvalue weighted by molar-refractivity contribution is 0.266. The van der Waals surface area contributed by atoms with E-state index in [-0.39, 0.29) is 12.6 Å². The molecule has 0 aliphatic rings. The fraction of sp³-hybridized carbons (Fsp3) is 0.500. The Labute approximate surface area is 59.3 Å². The Hall–Kier alpha value is -0.870. The Balaban J connectivity index is 2.74. The van der Waals surface area contributed by atoms with Crippen LogP contribution in [0.5, 0.6) is 0 Å². The predicted octanol–water partition coefficient (Wildman–Crippen LogP) is -0.588. The topological polar surface area (TPSA) is 64.1 Å². The van der Waals surface area contributed by atoms with Crippen LogP contribution in [0, 0.1) is 0 Å². The number of aliphatic hydroxyl groups excluding tert-OH is 1. The first-order valence-corrected chi connectivity index (χ1v) is 3.08. The zero-order chi connectivity index (χ0) is 7.56. The number of imidazole rings is 1. The summed E-state index contributed by atoms with van der Waals surface area (Å²) in [6.07, 6.45) is 3.45. The zero-order valence-corrected chi connectivity index (χ0v) is 5.86. The van der Waals surface area contributed by atoms with Crippen LogP contribution in [0.4, 0.5) is 0 Å². The van der Waals surface area contributed by atoms with Crippen molar-refractivity contribution in [2.45, 2.75) is 6.04 Å². The van der Waals surface area contributed by atoms with Crippen molar-refractivity contribution in [3.8, 4) is 0 Å². The smallest absolute Gasteiger partial charge is 0.0947 e. The molecule has 0 aromatic carbocycles. The van der Waals surface area contributed by atoms with Crippen molar-refractivity contribution in [2.75, 3.05) is 6.61 Å². The van der Waals surface area contributed by atoms with Crippen LogP contribution in [0.15, 0.2) is 12.5 Å². The SMILES string of the molecule is Cn1cnc([C@H](N)CO)c1. The first kappa shape index (κ1) is 7.24. The number of aromatic nitrogens is 2. The molecule has 0 radical (unpaired) electrons. The fourth-order valence-corrected chi connectivity index (χ4v) is 0.718. The maximum absolute atomic E-state index is 8.62. The number of nitrogens with two attached hydrogens (primary N) is 1. The Morgan fingerprint density at radius 3 is 3.00 bits per heavy atom. The van der Waals surface area contributed by atoms with E-state index in [1.165, 1.54) is 0 Å². The molecule has 3 N–H and O–H groups in total. The Bertz CT molecular complexity index is 209. The van der Waals surface area contributed by atoms with Gasteiger partial charge in [0.1, 0.15) is 0 Å². The summed E-state index contributed by atoms with van der Waals surface area (Å²) in [6, 6.07) is -0.346. The highest BCUT2D eigenvalue weighted by Gasteiger charge is 2.05. The van der Waals surface area contributed by atoms with Gasteiger partial charge in [-0.1, -0.05) is 0 Å². The molecule has 56 valence electrons. The highest BCUT2D eigenvalue weighted by Crippen LogP contribution is 2.03. The van der Waals surface area contributed by atoms with Crippen LogP contribution in [0.1, 0.15) is 11.7 Å². The van der Waals surface area contributed by atoms with Crippen molar-refractivity contribution < 1.29 is 5.11 Å². The summed E-state index contributed by atoms with van der Waals surface area (Å²) in [5.41, 5.74) is 6.21. The molecule has 10 heavy (non-hydrogen) atoms. The number of nitrogens with zero attached hydrogens (tertiary/aromatic N) is 2. The summed E-state index contributed by atoms with van der Waals surface area (Å²) in [6.45, 7) is -0.0585. The number of hydrogen-bond donors (Lipinski definition) is 2. The monoisotopic (exact) mass is 141 g/mol. The summed E-state index contributed by atoms with van der Waals surface area (Å²) >= 11 is 0. The highest BCUT2D eigenvalue weighted by molar-refractivity contribution is 5.01. The third kappa shape index (κ3) is 1.34. The number of rotatable bonds is 2. The standard InChI is InChI=1S/C6H11N3O/c1-9-2-6(8-4-9)5(7)3-10/h2,4-5,10H,3,7H2,1H3/t5-/m1/s1. The van der Waals surface area contributed by atoms with E-state index in [0.717, 1.165) is 5.69 Å². The first-order valence-electron chi connectivity index (χ1n) is 3.08. The van der Waals surface area contributed by atoms with Gasteiger partial charge in [0.2, 0.25) is 0 Å². The molecule has 4 nitrogen and oxygen atoms in total. The van der Waals surface area contributed by atoms with Crippen LogP contribution < -0.4 is 5.73 Å². The van der Waals surface area contributed by atoms with Crippen molar-refractivity contribution in [2.24, 2.45) is 12.8 Å². The summed E-state index contributed by atoms with van der Waals surface area (Å²) in [7, 11) is 1.86. The van der Waals surface area contributed by atoms with E-state index < -0.39 is 0 Å². The highest BCUT2D eigenvalue weighted by atomic mass is 16.3. The minimum absolute atomic E-state index is 0.0585. The van der Waals surface area contributed by atoms with E-state index >= 15 is 0 Å². The number of aliphatic hydroxyl groups is 1. The van der Waals surface area contributed by atoms with Gasteiger partial charge < -0.3 is 15.4 Å². The maximum atomic E-state index is 8.62. The minimum Gasteiger partial charge on any atom is -0.394 e. The molecule has 1 aromatic rings. The Morgan fingerprint density at radius 2 is 2.60 bits per heavy atom. The third-order valence-electron chi connectivity index (χ3n) is 1.30. The van der Waals surface area contributed by atoms with Gasteiger partial charge in [0.25, 0.3) is 0 Å². The van der Waals surface area contributed by atoms with E-state index in [9.17, 15) is 0 Å². The summed E-state index contributed by atoms with van der Waals surface area (Å²) in [5, 5.41) is 8.62. The Morgan fingerprint density at radius 1 is 1.90 bits per heavy atom. The number of hydrogen-bond acceptors (Lipinski definition) is 3. The molecule has 1 atom stereocenters. The van der Waals surface area contributed by atoms with Gasteiger partial charge in [-0.25, -0.2) is 4.98 Å². The van der Waals surface area contributed by atoms with Gasteiger partial charge in [-0.2, -0.15) is 0 Å². The second kappa shape index (κ2) is 2.81. The molecule has 1 rings (SSSR count). The second-order valence-corrected chi connectivity index (χ2v) is 2.25. The van der Waals surface area contributed by atoms with E-state index in [1.54, 1.807) is 17.1 Å². The largest absolute Gasteiger partial charge is 0.394 e. The molecule has 0 saturated carbocycles. The molecule has 0 unspecified atom stereocenters.